The largest absolute Gasteiger partial charge is 0.311 e. The summed E-state index contributed by atoms with van der Waals surface area (Å²) in [6.07, 6.45) is 5.51. The molecule has 0 aliphatic heterocycles. The van der Waals surface area contributed by atoms with Crippen molar-refractivity contribution >= 4 is 28.0 Å². The molecule has 3 aromatic rings. The van der Waals surface area contributed by atoms with Gasteiger partial charge in [0.15, 0.2) is 0 Å². The van der Waals surface area contributed by atoms with Crippen molar-refractivity contribution in [1.29, 1.82) is 5.26 Å². The van der Waals surface area contributed by atoms with Gasteiger partial charge in [0.2, 0.25) is 0 Å². The van der Waals surface area contributed by atoms with Gasteiger partial charge in [0, 0.05) is 10.6 Å². The van der Waals surface area contributed by atoms with Crippen LogP contribution in [0.4, 0.5) is 5.00 Å². The number of aryl methyl sites for hydroxylation is 1. The van der Waals surface area contributed by atoms with Gasteiger partial charge in [-0.1, -0.05) is 13.3 Å². The molecule has 0 radical (unpaired) electrons. The molecule has 1 aliphatic carbocycles. The predicted molar refractivity (Wildman–Crippen MR) is 98.3 cm³/mol. The Labute approximate surface area is 154 Å². The van der Waals surface area contributed by atoms with Gasteiger partial charge in [0.1, 0.15) is 23.1 Å². The van der Waals surface area contributed by atoms with Crippen molar-refractivity contribution in [2.75, 3.05) is 5.32 Å². The van der Waals surface area contributed by atoms with E-state index in [1.807, 2.05) is 0 Å². The van der Waals surface area contributed by atoms with E-state index in [2.05, 4.69) is 33.4 Å². The summed E-state index contributed by atoms with van der Waals surface area (Å²) in [5.74, 6) is 0.730. The summed E-state index contributed by atoms with van der Waals surface area (Å²) >= 11 is 1.52. The highest BCUT2D eigenvalue weighted by molar-refractivity contribution is 7.16. The molecule has 1 N–H and O–H groups in total. The molecule has 26 heavy (non-hydrogen) atoms. The number of carbonyl (C=O) groups is 1. The number of fused-ring (bicyclic) bond motifs is 2. The quantitative estimate of drug-likeness (QED) is 0.768. The minimum Gasteiger partial charge on any atom is -0.311 e. The van der Waals surface area contributed by atoms with Crippen LogP contribution >= 0.6 is 11.3 Å². The second-order valence-corrected chi connectivity index (χ2v) is 7.65. The molecule has 0 saturated carbocycles. The summed E-state index contributed by atoms with van der Waals surface area (Å²) in [5, 5.41) is 17.2. The second-order valence-electron chi connectivity index (χ2n) is 6.55. The average molecular weight is 366 g/mol. The number of thiophene rings is 1. The van der Waals surface area contributed by atoms with Gasteiger partial charge in [-0.05, 0) is 43.7 Å². The third-order valence-corrected chi connectivity index (χ3v) is 6.07. The maximum absolute atomic E-state index is 12.8. The topological polar surface area (TPSA) is 96.0 Å². The van der Waals surface area contributed by atoms with Gasteiger partial charge in [-0.3, -0.25) is 4.79 Å². The summed E-state index contributed by atoms with van der Waals surface area (Å²) in [6.45, 7) is 4.01. The molecule has 0 fully saturated rings. The van der Waals surface area contributed by atoms with Crippen molar-refractivity contribution in [2.24, 2.45) is 5.92 Å². The number of hydrogen-bond acceptors (Lipinski definition) is 6. The van der Waals surface area contributed by atoms with E-state index in [1.165, 1.54) is 27.1 Å². The Morgan fingerprint density at radius 3 is 3.15 bits per heavy atom. The lowest BCUT2D eigenvalue weighted by atomic mass is 9.86. The molecule has 1 atom stereocenters. The van der Waals surface area contributed by atoms with Crippen molar-refractivity contribution in [3.8, 4) is 6.07 Å². The molecule has 4 rings (SSSR count). The summed E-state index contributed by atoms with van der Waals surface area (Å²) < 4.78 is 1.41. The molecule has 3 aromatic heterocycles. The lowest BCUT2D eigenvalue weighted by Crippen LogP contribution is -2.17. The number of rotatable bonds is 3. The van der Waals surface area contributed by atoms with Crippen molar-refractivity contribution in [3.63, 3.8) is 0 Å². The standard InChI is InChI=1S/C18H18N6OS/c1-3-11-4-5-12-13(8-19)17(26-15(12)7-11)23-16(25)14-6-10(2)22-18-20-9-21-24(14)18/h6,9,11H,3-5,7H2,1-2H3,(H,23,25). The van der Waals surface area contributed by atoms with Gasteiger partial charge in [0.05, 0.1) is 5.56 Å². The Morgan fingerprint density at radius 2 is 2.38 bits per heavy atom. The number of hydrogen-bond donors (Lipinski definition) is 1. The van der Waals surface area contributed by atoms with Crippen molar-refractivity contribution in [3.05, 3.63) is 39.8 Å². The normalized spacial score (nSPS) is 16.3. The Bertz CT molecular complexity index is 1040. The molecule has 0 saturated heterocycles. The molecule has 1 amide bonds. The van der Waals surface area contributed by atoms with Gasteiger partial charge in [-0.15, -0.1) is 11.3 Å². The molecule has 0 spiro atoms. The second kappa shape index (κ2) is 6.50. The van der Waals surface area contributed by atoms with Gasteiger partial charge in [-0.2, -0.15) is 19.9 Å². The monoisotopic (exact) mass is 366 g/mol. The number of aromatic nitrogens is 4. The number of nitriles is 1. The fraction of sp³-hybridized carbons (Fsp3) is 0.389. The van der Waals surface area contributed by atoms with Crippen LogP contribution in [0.5, 0.6) is 0 Å². The van der Waals surface area contributed by atoms with E-state index >= 15 is 0 Å². The van der Waals surface area contributed by atoms with E-state index in [0.29, 0.717) is 33.6 Å². The highest BCUT2D eigenvalue weighted by Crippen LogP contribution is 2.40. The van der Waals surface area contributed by atoms with Crippen LogP contribution in [0.2, 0.25) is 0 Å². The average Bonchev–Trinajstić information content (AvgIpc) is 3.23. The molecule has 1 unspecified atom stereocenters. The molecule has 3 heterocycles. The van der Waals surface area contributed by atoms with Crippen LogP contribution in [0.25, 0.3) is 5.78 Å². The zero-order valence-corrected chi connectivity index (χ0v) is 15.4. The maximum Gasteiger partial charge on any atom is 0.275 e. The molecule has 0 bridgehead atoms. The number of carbonyl (C=O) groups excluding carboxylic acids is 1. The molecular weight excluding hydrogens is 348 g/mol. The first-order chi connectivity index (χ1) is 12.6. The van der Waals surface area contributed by atoms with Crippen LogP contribution in [-0.4, -0.2) is 25.5 Å². The highest BCUT2D eigenvalue weighted by Gasteiger charge is 2.26. The molecular formula is C18H18N6OS. The van der Waals surface area contributed by atoms with E-state index in [0.717, 1.165) is 31.2 Å². The van der Waals surface area contributed by atoms with Crippen LogP contribution in [0.3, 0.4) is 0 Å². The maximum atomic E-state index is 12.8. The third-order valence-electron chi connectivity index (χ3n) is 4.90. The first kappa shape index (κ1) is 16.7. The summed E-state index contributed by atoms with van der Waals surface area (Å²) in [4.78, 5) is 22.4. The molecule has 8 heteroatoms. The van der Waals surface area contributed by atoms with Crippen LogP contribution in [0, 0.1) is 24.2 Å². The third kappa shape index (κ3) is 2.74. The molecule has 0 aromatic carbocycles. The van der Waals surface area contributed by atoms with E-state index < -0.39 is 0 Å². The van der Waals surface area contributed by atoms with Crippen molar-refractivity contribution in [1.82, 2.24) is 19.6 Å². The summed E-state index contributed by atoms with van der Waals surface area (Å²) in [5.41, 5.74) is 2.75. The van der Waals surface area contributed by atoms with Crippen molar-refractivity contribution in [2.45, 2.75) is 39.5 Å². The number of nitrogens with zero attached hydrogens (tertiary/aromatic N) is 5. The van der Waals surface area contributed by atoms with E-state index in [4.69, 9.17) is 0 Å². The minimum atomic E-state index is -0.312. The zero-order chi connectivity index (χ0) is 18.3. The van der Waals surface area contributed by atoms with Crippen LogP contribution < -0.4 is 5.32 Å². The predicted octanol–water partition coefficient (Wildman–Crippen LogP) is 3.13. The Hall–Kier alpha value is -2.79. The van der Waals surface area contributed by atoms with Crippen LogP contribution in [-0.2, 0) is 12.8 Å². The van der Waals surface area contributed by atoms with E-state index in [9.17, 15) is 10.1 Å². The molecule has 1 aliphatic rings. The van der Waals surface area contributed by atoms with E-state index in [-0.39, 0.29) is 5.91 Å². The van der Waals surface area contributed by atoms with E-state index in [1.54, 1.807) is 13.0 Å². The molecule has 132 valence electrons. The van der Waals surface area contributed by atoms with Gasteiger partial charge in [-0.25, -0.2) is 4.98 Å². The number of nitrogens with one attached hydrogen (secondary N) is 1. The summed E-state index contributed by atoms with van der Waals surface area (Å²) in [6, 6.07) is 3.96. The Morgan fingerprint density at radius 1 is 1.54 bits per heavy atom. The summed E-state index contributed by atoms with van der Waals surface area (Å²) in [7, 11) is 0. The lowest BCUT2D eigenvalue weighted by Gasteiger charge is -2.20. The van der Waals surface area contributed by atoms with Gasteiger partial charge < -0.3 is 5.32 Å². The first-order valence-corrected chi connectivity index (χ1v) is 9.45. The fourth-order valence-corrected chi connectivity index (χ4v) is 4.78. The highest BCUT2D eigenvalue weighted by atomic mass is 32.1. The Balaban J connectivity index is 1.69. The van der Waals surface area contributed by atoms with Crippen LogP contribution in [0.15, 0.2) is 12.4 Å². The minimum absolute atomic E-state index is 0.312. The zero-order valence-electron chi connectivity index (χ0n) is 14.6. The van der Waals surface area contributed by atoms with Gasteiger partial charge in [0.25, 0.3) is 11.7 Å². The number of amides is 1. The molecule has 7 nitrogen and oxygen atoms in total. The van der Waals surface area contributed by atoms with Crippen LogP contribution in [0.1, 0.15) is 52.0 Å². The van der Waals surface area contributed by atoms with Gasteiger partial charge >= 0.3 is 0 Å². The Kier molecular flexibility index (Phi) is 4.17. The number of anilines is 1. The van der Waals surface area contributed by atoms with Crippen molar-refractivity contribution < 1.29 is 4.79 Å². The lowest BCUT2D eigenvalue weighted by molar-refractivity contribution is 0.102. The first-order valence-electron chi connectivity index (χ1n) is 8.64. The smallest absolute Gasteiger partial charge is 0.275 e. The SMILES string of the molecule is CCC1CCc2c(sc(NC(=O)c3cc(C)nc4ncnn34)c2C#N)C1. The fourth-order valence-electron chi connectivity index (χ4n) is 3.47.